The molecule has 5 heteroatoms. The predicted octanol–water partition coefficient (Wildman–Crippen LogP) is -1.43. The molecule has 0 amide bonds. The van der Waals surface area contributed by atoms with E-state index in [1.165, 1.54) is 4.90 Å². The molecule has 0 aliphatic carbocycles. The molecule has 0 spiro atoms. The molecular formula is C15H26N2O2S+2. The van der Waals surface area contributed by atoms with Crippen LogP contribution in [0.4, 0.5) is 0 Å². The second-order valence-corrected chi connectivity index (χ2v) is 8.15. The van der Waals surface area contributed by atoms with E-state index in [1.54, 1.807) is 17.0 Å². The quantitative estimate of drug-likeness (QED) is 0.716. The van der Waals surface area contributed by atoms with Gasteiger partial charge in [-0.25, -0.2) is 8.42 Å². The van der Waals surface area contributed by atoms with Crippen LogP contribution in [0.3, 0.4) is 0 Å². The number of rotatable bonds is 4. The molecule has 1 aliphatic rings. The first kappa shape index (κ1) is 15.5. The lowest BCUT2D eigenvalue weighted by atomic mass is 10.2. The first-order valence-corrected chi connectivity index (χ1v) is 8.99. The zero-order valence-corrected chi connectivity index (χ0v) is 13.5. The molecule has 1 fully saturated rings. The van der Waals surface area contributed by atoms with Crippen LogP contribution in [0.25, 0.3) is 0 Å². The third-order valence-corrected chi connectivity index (χ3v) is 6.22. The lowest BCUT2D eigenvalue weighted by Gasteiger charge is -2.31. The summed E-state index contributed by atoms with van der Waals surface area (Å²) in [5.74, 6) is 0.241. The normalized spacial score (nSPS) is 25.4. The smallest absolute Gasteiger partial charge is 0.184 e. The third kappa shape index (κ3) is 3.81. The van der Waals surface area contributed by atoms with Gasteiger partial charge in [-0.1, -0.05) is 17.7 Å². The van der Waals surface area contributed by atoms with Gasteiger partial charge in [-0.05, 0) is 26.0 Å². The molecule has 0 saturated carbocycles. The van der Waals surface area contributed by atoms with Crippen molar-refractivity contribution >= 4 is 9.84 Å². The molecule has 0 radical (unpaired) electrons. The number of hydrogen-bond donors (Lipinski definition) is 2. The number of likely N-dealkylation sites (N-methyl/N-ethyl adjacent to an activating group) is 1. The van der Waals surface area contributed by atoms with E-state index in [0.29, 0.717) is 4.90 Å². The fraction of sp³-hybridized carbons (Fsp3) is 0.600. The molecular weight excluding hydrogens is 272 g/mol. The van der Waals surface area contributed by atoms with Crippen LogP contribution in [-0.2, 0) is 9.84 Å². The SMILES string of the molecule is Cc1ccc(S(=O)(=O)C[C@H](C)[NH+]2CC[NH+](C)CC2)cc1. The van der Waals surface area contributed by atoms with Crippen molar-refractivity contribution in [1.82, 2.24) is 0 Å². The summed E-state index contributed by atoms with van der Waals surface area (Å²) in [6.07, 6.45) is 0. The zero-order valence-electron chi connectivity index (χ0n) is 12.6. The van der Waals surface area contributed by atoms with E-state index in [1.807, 2.05) is 19.1 Å². The molecule has 4 nitrogen and oxygen atoms in total. The molecule has 1 aliphatic heterocycles. The van der Waals surface area contributed by atoms with Gasteiger partial charge in [0.1, 0.15) is 31.9 Å². The largest absolute Gasteiger partial charge is 0.328 e. The van der Waals surface area contributed by atoms with Gasteiger partial charge in [0.2, 0.25) is 0 Å². The summed E-state index contributed by atoms with van der Waals surface area (Å²) < 4.78 is 24.9. The van der Waals surface area contributed by atoms with Crippen molar-refractivity contribution in [3.05, 3.63) is 29.8 Å². The van der Waals surface area contributed by atoms with E-state index in [4.69, 9.17) is 0 Å². The molecule has 1 aromatic carbocycles. The van der Waals surface area contributed by atoms with Crippen LogP contribution in [0.5, 0.6) is 0 Å². The predicted molar refractivity (Wildman–Crippen MR) is 80.0 cm³/mol. The highest BCUT2D eigenvalue weighted by Gasteiger charge is 2.29. The molecule has 1 atom stereocenters. The molecule has 20 heavy (non-hydrogen) atoms. The Bertz CT molecular complexity index is 531. The monoisotopic (exact) mass is 298 g/mol. The summed E-state index contributed by atoms with van der Waals surface area (Å²) in [6.45, 7) is 8.42. The zero-order chi connectivity index (χ0) is 14.8. The Morgan fingerprint density at radius 2 is 1.65 bits per heavy atom. The summed E-state index contributed by atoms with van der Waals surface area (Å²) in [6, 6.07) is 7.34. The van der Waals surface area contributed by atoms with Crippen molar-refractivity contribution in [2.45, 2.75) is 24.8 Å². The number of hydrogen-bond acceptors (Lipinski definition) is 2. The van der Waals surface area contributed by atoms with Gasteiger partial charge in [0.25, 0.3) is 0 Å². The van der Waals surface area contributed by atoms with Gasteiger partial charge in [0.15, 0.2) is 9.84 Å². The lowest BCUT2D eigenvalue weighted by Crippen LogP contribution is -3.28. The molecule has 0 unspecified atom stereocenters. The fourth-order valence-corrected chi connectivity index (χ4v) is 4.42. The van der Waals surface area contributed by atoms with Gasteiger partial charge in [-0.15, -0.1) is 0 Å². The second kappa shape index (κ2) is 6.24. The van der Waals surface area contributed by atoms with Crippen molar-refractivity contribution < 1.29 is 18.2 Å². The lowest BCUT2D eigenvalue weighted by molar-refractivity contribution is -1.01. The summed E-state index contributed by atoms with van der Waals surface area (Å²) in [5.41, 5.74) is 1.09. The van der Waals surface area contributed by atoms with E-state index in [-0.39, 0.29) is 11.8 Å². The van der Waals surface area contributed by atoms with Gasteiger partial charge in [-0.3, -0.25) is 0 Å². The fourth-order valence-electron chi connectivity index (χ4n) is 2.78. The minimum absolute atomic E-state index is 0.161. The van der Waals surface area contributed by atoms with Crippen LogP contribution in [0.15, 0.2) is 29.2 Å². The van der Waals surface area contributed by atoms with Gasteiger partial charge < -0.3 is 9.80 Å². The Morgan fingerprint density at radius 1 is 1.10 bits per heavy atom. The van der Waals surface area contributed by atoms with E-state index in [2.05, 4.69) is 14.0 Å². The molecule has 1 saturated heterocycles. The Hall–Kier alpha value is -0.910. The number of benzene rings is 1. The summed E-state index contributed by atoms with van der Waals surface area (Å²) >= 11 is 0. The average Bonchev–Trinajstić information content (AvgIpc) is 2.39. The molecule has 1 heterocycles. The minimum atomic E-state index is -3.17. The highest BCUT2D eigenvalue weighted by molar-refractivity contribution is 7.91. The van der Waals surface area contributed by atoms with E-state index in [9.17, 15) is 8.42 Å². The standard InChI is InChI=1S/C15H24N2O2S/c1-13-4-6-15(7-5-13)20(18,19)12-14(2)17-10-8-16(3)9-11-17/h4-7,14H,8-12H2,1-3H3/p+2/t14-/m0/s1. The second-order valence-electron chi connectivity index (χ2n) is 6.11. The molecule has 112 valence electrons. The number of quaternary nitrogens is 2. The minimum Gasteiger partial charge on any atom is -0.328 e. The molecule has 2 N–H and O–H groups in total. The molecule has 2 rings (SSSR count). The van der Waals surface area contributed by atoms with Crippen LogP contribution in [0.2, 0.25) is 0 Å². The van der Waals surface area contributed by atoms with Gasteiger partial charge in [0.05, 0.1) is 18.0 Å². The van der Waals surface area contributed by atoms with E-state index < -0.39 is 9.84 Å². The Kier molecular flexibility index (Phi) is 4.83. The maximum absolute atomic E-state index is 12.4. The molecule has 1 aromatic rings. The Morgan fingerprint density at radius 3 is 2.20 bits per heavy atom. The number of piperazine rings is 1. The topological polar surface area (TPSA) is 43.0 Å². The van der Waals surface area contributed by atoms with Crippen LogP contribution < -0.4 is 9.80 Å². The van der Waals surface area contributed by atoms with Crippen molar-refractivity contribution in [2.75, 3.05) is 39.0 Å². The van der Waals surface area contributed by atoms with Crippen LogP contribution in [0, 0.1) is 6.92 Å². The van der Waals surface area contributed by atoms with Gasteiger partial charge in [-0.2, -0.15) is 0 Å². The summed E-state index contributed by atoms with van der Waals surface area (Å²) in [7, 11) is -0.968. The summed E-state index contributed by atoms with van der Waals surface area (Å²) in [5, 5.41) is 0. The summed E-state index contributed by atoms with van der Waals surface area (Å²) in [4.78, 5) is 3.42. The highest BCUT2D eigenvalue weighted by Crippen LogP contribution is 2.12. The van der Waals surface area contributed by atoms with Crippen molar-refractivity contribution in [3.8, 4) is 0 Å². The third-order valence-electron chi connectivity index (χ3n) is 4.29. The van der Waals surface area contributed by atoms with E-state index in [0.717, 1.165) is 31.7 Å². The van der Waals surface area contributed by atoms with Crippen molar-refractivity contribution in [3.63, 3.8) is 0 Å². The van der Waals surface area contributed by atoms with Crippen LogP contribution in [-0.4, -0.2) is 53.4 Å². The van der Waals surface area contributed by atoms with Crippen LogP contribution in [0.1, 0.15) is 12.5 Å². The van der Waals surface area contributed by atoms with Gasteiger partial charge in [0, 0.05) is 0 Å². The van der Waals surface area contributed by atoms with Crippen molar-refractivity contribution in [1.29, 1.82) is 0 Å². The highest BCUT2D eigenvalue weighted by atomic mass is 32.2. The van der Waals surface area contributed by atoms with Gasteiger partial charge >= 0.3 is 0 Å². The van der Waals surface area contributed by atoms with Crippen LogP contribution >= 0.6 is 0 Å². The first-order valence-electron chi connectivity index (χ1n) is 7.34. The average molecular weight is 298 g/mol. The molecule has 0 aromatic heterocycles. The first-order chi connectivity index (χ1) is 9.38. The molecule has 0 bridgehead atoms. The maximum Gasteiger partial charge on any atom is 0.184 e. The van der Waals surface area contributed by atoms with Crippen molar-refractivity contribution in [2.24, 2.45) is 0 Å². The Balaban J connectivity index is 2.02. The number of sulfone groups is 1. The number of nitrogens with one attached hydrogen (secondary N) is 2. The Labute approximate surface area is 122 Å². The van der Waals surface area contributed by atoms with E-state index >= 15 is 0 Å². The maximum atomic E-state index is 12.4. The number of aryl methyl sites for hydroxylation is 1.